The molecule has 0 fully saturated rings. The van der Waals surface area contributed by atoms with Gasteiger partial charge in [0.1, 0.15) is 10.7 Å². The van der Waals surface area contributed by atoms with E-state index >= 15 is 0 Å². The van der Waals surface area contributed by atoms with Crippen LogP contribution in [-0.2, 0) is 22.6 Å². The number of benzene rings is 2. The molecule has 4 nitrogen and oxygen atoms in total. The molecule has 134 valence electrons. The lowest BCUT2D eigenvalue weighted by Crippen LogP contribution is -2.31. The van der Waals surface area contributed by atoms with Gasteiger partial charge in [0.05, 0.1) is 6.54 Å². The van der Waals surface area contributed by atoms with Gasteiger partial charge in [0, 0.05) is 5.69 Å². The van der Waals surface area contributed by atoms with Crippen LogP contribution in [0.1, 0.15) is 30.9 Å². The van der Waals surface area contributed by atoms with Crippen molar-refractivity contribution in [2.75, 3.05) is 5.32 Å². The molecule has 0 unspecified atom stereocenters. The molecule has 0 bridgehead atoms. The van der Waals surface area contributed by atoms with E-state index in [1.807, 2.05) is 54.6 Å². The summed E-state index contributed by atoms with van der Waals surface area (Å²) in [5.41, 5.74) is 2.99. The monoisotopic (exact) mass is 368 g/mol. The molecule has 1 heterocycles. The summed E-state index contributed by atoms with van der Waals surface area (Å²) in [6, 6.07) is 17.2. The molecule has 1 N–H and O–H groups in total. The molecule has 26 heavy (non-hydrogen) atoms. The van der Waals surface area contributed by atoms with Crippen molar-refractivity contribution >= 4 is 29.1 Å². The minimum absolute atomic E-state index is 0.0685. The predicted molar refractivity (Wildman–Crippen MR) is 104 cm³/mol. The second kappa shape index (κ2) is 8.19. The van der Waals surface area contributed by atoms with Crippen LogP contribution >= 0.6 is 11.6 Å². The summed E-state index contributed by atoms with van der Waals surface area (Å²) in [4.78, 5) is 26.2. The Bertz CT molecular complexity index is 829. The summed E-state index contributed by atoms with van der Waals surface area (Å²) < 4.78 is 0. The second-order valence-electron chi connectivity index (χ2n) is 6.30. The van der Waals surface area contributed by atoms with Gasteiger partial charge in [-0.05, 0) is 36.1 Å². The minimum Gasteiger partial charge on any atom is -0.350 e. The number of aryl methyl sites for hydroxylation is 1. The van der Waals surface area contributed by atoms with Gasteiger partial charge in [0.2, 0.25) is 0 Å². The molecular formula is C21H21ClN2O2. The van der Waals surface area contributed by atoms with Crippen molar-refractivity contribution in [3.05, 3.63) is 76.5 Å². The number of nitrogens with one attached hydrogen (secondary N) is 1. The average molecular weight is 369 g/mol. The Balaban J connectivity index is 1.71. The third-order valence-electron chi connectivity index (χ3n) is 4.34. The van der Waals surface area contributed by atoms with E-state index in [9.17, 15) is 9.59 Å². The highest BCUT2D eigenvalue weighted by molar-refractivity contribution is 6.48. The molecule has 3 rings (SSSR count). The van der Waals surface area contributed by atoms with Gasteiger partial charge < -0.3 is 5.32 Å². The fourth-order valence-electron chi connectivity index (χ4n) is 2.84. The van der Waals surface area contributed by atoms with Crippen molar-refractivity contribution in [3.63, 3.8) is 0 Å². The smallest absolute Gasteiger partial charge is 0.279 e. The largest absolute Gasteiger partial charge is 0.350 e. The van der Waals surface area contributed by atoms with Crippen LogP contribution in [0.4, 0.5) is 5.69 Å². The molecule has 0 aromatic heterocycles. The first kappa shape index (κ1) is 18.2. The first-order valence-corrected chi connectivity index (χ1v) is 9.13. The summed E-state index contributed by atoms with van der Waals surface area (Å²) >= 11 is 6.14. The Hall–Kier alpha value is -2.59. The molecule has 0 atom stereocenters. The molecule has 2 aromatic carbocycles. The van der Waals surface area contributed by atoms with Crippen LogP contribution in [-0.4, -0.2) is 16.7 Å². The van der Waals surface area contributed by atoms with E-state index in [-0.39, 0.29) is 17.3 Å². The fraction of sp³-hybridized carbons (Fsp3) is 0.238. The number of anilines is 1. The number of halogens is 1. The Morgan fingerprint density at radius 1 is 0.923 bits per heavy atom. The Morgan fingerprint density at radius 2 is 1.62 bits per heavy atom. The molecule has 5 heteroatoms. The van der Waals surface area contributed by atoms with Crippen molar-refractivity contribution in [1.29, 1.82) is 0 Å². The Labute approximate surface area is 158 Å². The standard InChI is InChI=1S/C21H21ClN2O2/c1-2-3-7-15-10-12-17(13-11-15)23-19-18(22)20(25)24(21(19)26)14-16-8-5-4-6-9-16/h4-6,8-13,23H,2-3,7,14H2,1H3. The van der Waals surface area contributed by atoms with Gasteiger partial charge in [-0.3, -0.25) is 14.5 Å². The van der Waals surface area contributed by atoms with Gasteiger partial charge in [-0.25, -0.2) is 0 Å². The van der Waals surface area contributed by atoms with E-state index in [1.165, 1.54) is 5.56 Å². The van der Waals surface area contributed by atoms with Crippen molar-refractivity contribution in [2.24, 2.45) is 0 Å². The number of hydrogen-bond donors (Lipinski definition) is 1. The van der Waals surface area contributed by atoms with Gasteiger partial charge in [-0.15, -0.1) is 0 Å². The number of unbranched alkanes of at least 4 members (excludes halogenated alkanes) is 1. The molecule has 0 saturated carbocycles. The summed E-state index contributed by atoms with van der Waals surface area (Å²) in [6.07, 6.45) is 3.32. The molecule has 0 radical (unpaired) electrons. The van der Waals surface area contributed by atoms with Crippen molar-refractivity contribution in [1.82, 2.24) is 4.90 Å². The van der Waals surface area contributed by atoms with E-state index in [1.54, 1.807) is 0 Å². The highest BCUT2D eigenvalue weighted by Gasteiger charge is 2.37. The third kappa shape index (κ3) is 3.97. The highest BCUT2D eigenvalue weighted by Crippen LogP contribution is 2.27. The highest BCUT2D eigenvalue weighted by atomic mass is 35.5. The predicted octanol–water partition coefficient (Wildman–Crippen LogP) is 4.46. The molecule has 0 aliphatic carbocycles. The number of carbonyl (C=O) groups excluding carboxylic acids is 2. The van der Waals surface area contributed by atoms with Gasteiger partial charge >= 0.3 is 0 Å². The van der Waals surface area contributed by atoms with E-state index in [4.69, 9.17) is 11.6 Å². The fourth-order valence-corrected chi connectivity index (χ4v) is 3.07. The SMILES string of the molecule is CCCCc1ccc(NC2=C(Cl)C(=O)N(Cc3ccccc3)C2=O)cc1. The first-order valence-electron chi connectivity index (χ1n) is 8.76. The number of hydrogen-bond acceptors (Lipinski definition) is 3. The van der Waals surface area contributed by atoms with Crippen LogP contribution in [0.3, 0.4) is 0 Å². The maximum Gasteiger partial charge on any atom is 0.279 e. The van der Waals surface area contributed by atoms with Crippen LogP contribution in [0.15, 0.2) is 65.3 Å². The zero-order chi connectivity index (χ0) is 18.5. The Kier molecular flexibility index (Phi) is 5.74. The van der Waals surface area contributed by atoms with Gasteiger partial charge in [-0.2, -0.15) is 0 Å². The lowest BCUT2D eigenvalue weighted by molar-refractivity contribution is -0.138. The lowest BCUT2D eigenvalue weighted by atomic mass is 10.1. The number of nitrogens with zero attached hydrogens (tertiary/aromatic N) is 1. The normalized spacial score (nSPS) is 14.3. The molecule has 1 aliphatic rings. The topological polar surface area (TPSA) is 49.4 Å². The van der Waals surface area contributed by atoms with E-state index in [0.29, 0.717) is 0 Å². The van der Waals surface area contributed by atoms with Crippen LogP contribution in [0.2, 0.25) is 0 Å². The molecule has 1 aliphatic heterocycles. The first-order chi connectivity index (χ1) is 12.6. The van der Waals surface area contributed by atoms with Crippen molar-refractivity contribution in [3.8, 4) is 0 Å². The second-order valence-corrected chi connectivity index (χ2v) is 6.67. The average Bonchev–Trinajstić information content (AvgIpc) is 2.86. The van der Waals surface area contributed by atoms with Crippen LogP contribution in [0, 0.1) is 0 Å². The van der Waals surface area contributed by atoms with E-state index < -0.39 is 11.8 Å². The molecule has 0 spiro atoms. The summed E-state index contributed by atoms with van der Waals surface area (Å²) in [7, 11) is 0. The zero-order valence-electron chi connectivity index (χ0n) is 14.7. The third-order valence-corrected chi connectivity index (χ3v) is 4.69. The van der Waals surface area contributed by atoms with Crippen LogP contribution in [0.25, 0.3) is 0 Å². The maximum absolute atomic E-state index is 12.6. The summed E-state index contributed by atoms with van der Waals surface area (Å²) in [6.45, 7) is 2.37. The number of amides is 2. The lowest BCUT2D eigenvalue weighted by Gasteiger charge is -2.15. The molecule has 2 aromatic rings. The van der Waals surface area contributed by atoms with Gasteiger partial charge in [0.25, 0.3) is 11.8 Å². The molecule has 2 amide bonds. The number of imide groups is 1. The quantitative estimate of drug-likeness (QED) is 0.734. The van der Waals surface area contributed by atoms with Gasteiger partial charge in [0.15, 0.2) is 0 Å². The van der Waals surface area contributed by atoms with Crippen LogP contribution < -0.4 is 5.32 Å². The molecular weight excluding hydrogens is 348 g/mol. The van der Waals surface area contributed by atoms with E-state index in [2.05, 4.69) is 12.2 Å². The van der Waals surface area contributed by atoms with Crippen molar-refractivity contribution in [2.45, 2.75) is 32.7 Å². The zero-order valence-corrected chi connectivity index (χ0v) is 15.4. The number of carbonyl (C=O) groups is 2. The van der Waals surface area contributed by atoms with E-state index in [0.717, 1.165) is 35.4 Å². The number of rotatable bonds is 7. The molecule has 0 saturated heterocycles. The van der Waals surface area contributed by atoms with Gasteiger partial charge in [-0.1, -0.05) is 67.4 Å². The minimum atomic E-state index is -0.470. The Morgan fingerprint density at radius 3 is 2.27 bits per heavy atom. The summed E-state index contributed by atoms with van der Waals surface area (Å²) in [5.74, 6) is -0.874. The maximum atomic E-state index is 12.6. The van der Waals surface area contributed by atoms with Crippen molar-refractivity contribution < 1.29 is 9.59 Å². The van der Waals surface area contributed by atoms with Crippen LogP contribution in [0.5, 0.6) is 0 Å². The summed E-state index contributed by atoms with van der Waals surface area (Å²) in [5, 5.41) is 2.94.